The van der Waals surface area contributed by atoms with Crippen molar-refractivity contribution in [1.82, 2.24) is 9.66 Å². The summed E-state index contributed by atoms with van der Waals surface area (Å²) in [5.41, 5.74) is 1.57. The Morgan fingerprint density at radius 2 is 2.07 bits per heavy atom. The molecule has 146 valence electrons. The topological polar surface area (TPSA) is 67.5 Å². The standard InChI is InChI=1S/C22H18BrN3O2S/c1-12-25-21-19(15-8-4-5-9-18(15)29-21)22(28)26(12)24-11-16-14-7-3-2-6-13(14)10-17(23)20(16)27/h2-3,6-7,10-11,27H,4-5,8-9H2,1H3/b24-11-. The summed E-state index contributed by atoms with van der Waals surface area (Å²) in [5, 5.41) is 17.6. The second-order valence-electron chi connectivity index (χ2n) is 7.25. The molecule has 7 heteroatoms. The van der Waals surface area contributed by atoms with Gasteiger partial charge in [0.2, 0.25) is 0 Å². The van der Waals surface area contributed by atoms with Crippen LogP contribution >= 0.6 is 27.3 Å². The normalized spacial score (nSPS) is 14.1. The van der Waals surface area contributed by atoms with Crippen molar-refractivity contribution in [1.29, 1.82) is 0 Å². The molecule has 4 aromatic rings. The molecule has 1 N–H and O–H groups in total. The number of halogens is 1. The highest BCUT2D eigenvalue weighted by atomic mass is 79.9. The molecule has 0 fully saturated rings. The number of phenolic OH excluding ortho intramolecular Hbond substituents is 1. The maximum Gasteiger partial charge on any atom is 0.283 e. The molecule has 1 aliphatic rings. The summed E-state index contributed by atoms with van der Waals surface area (Å²) in [4.78, 5) is 20.0. The maximum absolute atomic E-state index is 13.3. The lowest BCUT2D eigenvalue weighted by atomic mass is 9.97. The number of thiophene rings is 1. The van der Waals surface area contributed by atoms with Gasteiger partial charge in [-0.25, -0.2) is 4.98 Å². The van der Waals surface area contributed by atoms with Crippen LogP contribution in [0.1, 0.15) is 34.7 Å². The molecule has 2 aromatic carbocycles. The van der Waals surface area contributed by atoms with Gasteiger partial charge in [0.05, 0.1) is 16.1 Å². The first kappa shape index (κ1) is 18.5. The van der Waals surface area contributed by atoms with E-state index in [0.717, 1.165) is 40.4 Å². The zero-order chi connectivity index (χ0) is 20.1. The van der Waals surface area contributed by atoms with Gasteiger partial charge in [0.1, 0.15) is 16.4 Å². The monoisotopic (exact) mass is 467 g/mol. The maximum atomic E-state index is 13.3. The van der Waals surface area contributed by atoms with E-state index < -0.39 is 0 Å². The van der Waals surface area contributed by atoms with Crippen molar-refractivity contribution in [2.24, 2.45) is 5.10 Å². The number of aryl methyl sites for hydroxylation is 3. The van der Waals surface area contributed by atoms with E-state index in [2.05, 4.69) is 26.0 Å². The third-order valence-electron chi connectivity index (χ3n) is 5.45. The van der Waals surface area contributed by atoms with Crippen LogP contribution in [0, 0.1) is 6.92 Å². The average Bonchev–Trinajstić information content (AvgIpc) is 3.08. The molecule has 2 heterocycles. The lowest BCUT2D eigenvalue weighted by Gasteiger charge is -2.10. The molecule has 2 aromatic heterocycles. The van der Waals surface area contributed by atoms with E-state index in [0.29, 0.717) is 21.2 Å². The van der Waals surface area contributed by atoms with Crippen molar-refractivity contribution in [3.63, 3.8) is 0 Å². The average molecular weight is 468 g/mol. The number of phenols is 1. The molecule has 0 spiro atoms. The zero-order valence-corrected chi connectivity index (χ0v) is 18.2. The number of hydrogen-bond donors (Lipinski definition) is 1. The fourth-order valence-corrected chi connectivity index (χ4v) is 5.77. The number of rotatable bonds is 2. The van der Waals surface area contributed by atoms with E-state index in [9.17, 15) is 9.90 Å². The fourth-order valence-electron chi connectivity index (χ4n) is 4.01. The molecule has 0 bridgehead atoms. The minimum Gasteiger partial charge on any atom is -0.506 e. The fraction of sp³-hybridized carbons (Fsp3) is 0.227. The molecule has 0 amide bonds. The summed E-state index contributed by atoms with van der Waals surface area (Å²) in [6.45, 7) is 1.79. The van der Waals surface area contributed by atoms with E-state index in [1.165, 1.54) is 16.0 Å². The first-order valence-electron chi connectivity index (χ1n) is 9.53. The van der Waals surface area contributed by atoms with Gasteiger partial charge in [-0.1, -0.05) is 24.3 Å². The van der Waals surface area contributed by atoms with Gasteiger partial charge < -0.3 is 5.11 Å². The molecule has 0 saturated heterocycles. The summed E-state index contributed by atoms with van der Waals surface area (Å²) in [6.07, 6.45) is 5.77. The molecule has 29 heavy (non-hydrogen) atoms. The van der Waals surface area contributed by atoms with Gasteiger partial charge in [0.15, 0.2) is 0 Å². The van der Waals surface area contributed by atoms with Gasteiger partial charge in [-0.15, -0.1) is 11.3 Å². The summed E-state index contributed by atoms with van der Waals surface area (Å²) < 4.78 is 1.93. The number of nitrogens with zero attached hydrogens (tertiary/aromatic N) is 3. The van der Waals surface area contributed by atoms with E-state index >= 15 is 0 Å². The molecule has 0 saturated carbocycles. The Balaban J connectivity index is 1.70. The third kappa shape index (κ3) is 3.00. The molecule has 5 rings (SSSR count). The van der Waals surface area contributed by atoms with Crippen molar-refractivity contribution in [3.05, 3.63) is 67.0 Å². The first-order valence-corrected chi connectivity index (χ1v) is 11.1. The minimum absolute atomic E-state index is 0.0973. The SMILES string of the molecule is Cc1nc2sc3c(c2c(=O)n1/N=C\c1c(O)c(Br)cc2ccccc12)CCCC3. The van der Waals surface area contributed by atoms with Crippen molar-refractivity contribution in [3.8, 4) is 5.75 Å². The van der Waals surface area contributed by atoms with Gasteiger partial charge in [-0.05, 0) is 70.9 Å². The zero-order valence-electron chi connectivity index (χ0n) is 15.8. The van der Waals surface area contributed by atoms with Crippen LogP contribution in [0.5, 0.6) is 5.75 Å². The minimum atomic E-state index is -0.137. The highest BCUT2D eigenvalue weighted by Gasteiger charge is 2.21. The van der Waals surface area contributed by atoms with Gasteiger partial charge in [0.25, 0.3) is 5.56 Å². The smallest absolute Gasteiger partial charge is 0.283 e. The van der Waals surface area contributed by atoms with Gasteiger partial charge >= 0.3 is 0 Å². The Morgan fingerprint density at radius 1 is 1.28 bits per heavy atom. The largest absolute Gasteiger partial charge is 0.506 e. The number of benzene rings is 2. The Kier molecular flexibility index (Phi) is 4.52. The third-order valence-corrected chi connectivity index (χ3v) is 7.24. The van der Waals surface area contributed by atoms with Crippen molar-refractivity contribution in [2.75, 3.05) is 0 Å². The van der Waals surface area contributed by atoms with Crippen LogP contribution < -0.4 is 5.56 Å². The summed E-state index contributed by atoms with van der Waals surface area (Å²) >= 11 is 5.03. The Labute approximate surface area is 179 Å². The van der Waals surface area contributed by atoms with Gasteiger partial charge in [-0.3, -0.25) is 4.79 Å². The van der Waals surface area contributed by atoms with Crippen LogP contribution in [0.4, 0.5) is 0 Å². The predicted molar refractivity (Wildman–Crippen MR) is 122 cm³/mol. The molecular weight excluding hydrogens is 450 g/mol. The Morgan fingerprint density at radius 3 is 2.93 bits per heavy atom. The second kappa shape index (κ2) is 7.07. The van der Waals surface area contributed by atoms with Crippen LogP contribution in [0.25, 0.3) is 21.0 Å². The van der Waals surface area contributed by atoms with E-state index in [1.807, 2.05) is 30.3 Å². The number of aromatic hydroxyl groups is 1. The van der Waals surface area contributed by atoms with Crippen molar-refractivity contribution < 1.29 is 5.11 Å². The first-order chi connectivity index (χ1) is 14.0. The molecule has 0 radical (unpaired) electrons. The molecule has 0 aliphatic heterocycles. The van der Waals surface area contributed by atoms with Crippen molar-refractivity contribution >= 4 is 54.5 Å². The van der Waals surface area contributed by atoms with Crippen molar-refractivity contribution in [2.45, 2.75) is 32.6 Å². The lowest BCUT2D eigenvalue weighted by Crippen LogP contribution is -2.21. The molecular formula is C22H18BrN3O2S. The Bertz CT molecular complexity index is 1370. The van der Waals surface area contributed by atoms with Crippen LogP contribution in [0.2, 0.25) is 0 Å². The number of hydrogen-bond acceptors (Lipinski definition) is 5. The molecule has 0 atom stereocenters. The molecule has 5 nitrogen and oxygen atoms in total. The lowest BCUT2D eigenvalue weighted by molar-refractivity contribution is 0.472. The number of aromatic nitrogens is 2. The molecule has 0 unspecified atom stereocenters. The highest BCUT2D eigenvalue weighted by Crippen LogP contribution is 2.35. The summed E-state index contributed by atoms with van der Waals surface area (Å²) in [7, 11) is 0. The van der Waals surface area contributed by atoms with E-state index in [1.54, 1.807) is 24.5 Å². The number of fused-ring (bicyclic) bond motifs is 4. The molecule has 1 aliphatic carbocycles. The quantitative estimate of drug-likeness (QED) is 0.414. The van der Waals surface area contributed by atoms with Gasteiger partial charge in [0, 0.05) is 10.4 Å². The van der Waals surface area contributed by atoms with E-state index in [4.69, 9.17) is 0 Å². The summed E-state index contributed by atoms with van der Waals surface area (Å²) in [5.74, 6) is 0.635. The summed E-state index contributed by atoms with van der Waals surface area (Å²) in [6, 6.07) is 9.62. The van der Waals surface area contributed by atoms with Crippen LogP contribution in [-0.4, -0.2) is 21.0 Å². The van der Waals surface area contributed by atoms with Crippen LogP contribution in [0.3, 0.4) is 0 Å². The van der Waals surface area contributed by atoms with Gasteiger partial charge in [-0.2, -0.15) is 9.78 Å². The van der Waals surface area contributed by atoms with Crippen LogP contribution in [0.15, 0.2) is 44.7 Å². The van der Waals surface area contributed by atoms with E-state index in [-0.39, 0.29) is 11.3 Å². The highest BCUT2D eigenvalue weighted by molar-refractivity contribution is 9.10. The second-order valence-corrected chi connectivity index (χ2v) is 9.19. The Hall–Kier alpha value is -2.51. The predicted octanol–water partition coefficient (Wildman–Crippen LogP) is 5.15. The van der Waals surface area contributed by atoms with Crippen LogP contribution in [-0.2, 0) is 12.8 Å².